The Hall–Kier alpha value is -0.880. The number of hydrogen-bond acceptors (Lipinski definition) is 3. The van der Waals surface area contributed by atoms with Crippen molar-refractivity contribution in [2.45, 2.75) is 6.92 Å². The molecule has 0 spiro atoms. The number of carbonyl (C=O) groups excluding carboxylic acids is 1. The normalized spacial score (nSPS) is 10.2. The Morgan fingerprint density at radius 3 is 2.71 bits per heavy atom. The summed E-state index contributed by atoms with van der Waals surface area (Å²) in [5.74, 6) is 0.789. The van der Waals surface area contributed by atoms with Gasteiger partial charge in [0.1, 0.15) is 5.75 Å². The van der Waals surface area contributed by atoms with E-state index in [4.69, 9.17) is 4.74 Å². The second-order valence-corrected chi connectivity index (χ2v) is 6.00. The number of carbonyl (C=O) groups is 1. The van der Waals surface area contributed by atoms with Gasteiger partial charge in [0.25, 0.3) is 0 Å². The van der Waals surface area contributed by atoms with E-state index in [1.165, 1.54) is 11.3 Å². The zero-order valence-electron chi connectivity index (χ0n) is 9.27. The van der Waals surface area contributed by atoms with Crippen LogP contribution in [0.2, 0.25) is 0 Å². The van der Waals surface area contributed by atoms with Crippen molar-refractivity contribution >= 4 is 39.7 Å². The topological polar surface area (TPSA) is 26.3 Å². The number of ether oxygens (including phenoxy) is 1. The van der Waals surface area contributed by atoms with Gasteiger partial charge in [-0.15, -0.1) is 11.3 Å². The van der Waals surface area contributed by atoms with Crippen LogP contribution < -0.4 is 4.74 Å². The molecule has 0 aliphatic heterocycles. The molecule has 0 radical (unpaired) electrons. The number of rotatable bonds is 4. The summed E-state index contributed by atoms with van der Waals surface area (Å²) in [6, 6.07) is 11.5. The fourth-order valence-electron chi connectivity index (χ4n) is 1.36. The van der Waals surface area contributed by atoms with E-state index in [2.05, 4.69) is 22.6 Å². The van der Waals surface area contributed by atoms with E-state index in [9.17, 15) is 4.79 Å². The molecule has 2 aromatic rings. The van der Waals surface area contributed by atoms with Crippen molar-refractivity contribution in [1.29, 1.82) is 0 Å². The Morgan fingerprint density at radius 1 is 1.29 bits per heavy atom. The lowest BCUT2D eigenvalue weighted by Crippen LogP contribution is -2.10. The van der Waals surface area contributed by atoms with Crippen LogP contribution in [-0.4, -0.2) is 12.4 Å². The molecular formula is C13H11IO2S. The van der Waals surface area contributed by atoms with Crippen LogP contribution in [0, 0.1) is 10.5 Å². The van der Waals surface area contributed by atoms with Crippen LogP contribution in [-0.2, 0) is 0 Å². The number of benzene rings is 1. The quantitative estimate of drug-likeness (QED) is 0.612. The van der Waals surface area contributed by atoms with Gasteiger partial charge in [-0.1, -0.05) is 12.1 Å². The van der Waals surface area contributed by atoms with Gasteiger partial charge < -0.3 is 4.74 Å². The van der Waals surface area contributed by atoms with Gasteiger partial charge in [-0.3, -0.25) is 4.79 Å². The van der Waals surface area contributed by atoms with Crippen molar-refractivity contribution in [3.63, 3.8) is 0 Å². The lowest BCUT2D eigenvalue weighted by Gasteiger charge is -2.06. The summed E-state index contributed by atoms with van der Waals surface area (Å²) in [5, 5.41) is 0. The molecule has 88 valence electrons. The Balaban J connectivity index is 1.99. The number of para-hydroxylation sites is 1. The van der Waals surface area contributed by atoms with Crippen molar-refractivity contribution in [3.05, 3.63) is 49.7 Å². The molecule has 1 heterocycles. The first kappa shape index (κ1) is 12.6. The average molecular weight is 358 g/mol. The highest BCUT2D eigenvalue weighted by molar-refractivity contribution is 14.1. The van der Waals surface area contributed by atoms with Gasteiger partial charge in [0.2, 0.25) is 5.78 Å². The molecule has 0 saturated heterocycles. The smallest absolute Gasteiger partial charge is 0.210 e. The minimum atomic E-state index is 0.0303. The average Bonchev–Trinajstić information content (AvgIpc) is 2.74. The van der Waals surface area contributed by atoms with E-state index in [-0.39, 0.29) is 12.4 Å². The zero-order valence-corrected chi connectivity index (χ0v) is 12.2. The summed E-state index contributed by atoms with van der Waals surface area (Å²) in [6.45, 7) is 2.09. The molecule has 0 fully saturated rings. The molecule has 0 amide bonds. The Kier molecular flexibility index (Phi) is 4.17. The van der Waals surface area contributed by atoms with Gasteiger partial charge >= 0.3 is 0 Å². The Bertz CT molecular complexity index is 534. The lowest BCUT2D eigenvalue weighted by atomic mass is 10.3. The minimum Gasteiger partial charge on any atom is -0.484 e. The van der Waals surface area contributed by atoms with Gasteiger partial charge in [-0.05, 0) is 53.8 Å². The monoisotopic (exact) mass is 358 g/mol. The molecule has 1 aromatic carbocycles. The molecule has 1 aromatic heterocycles. The lowest BCUT2D eigenvalue weighted by molar-refractivity contribution is 0.0925. The van der Waals surface area contributed by atoms with E-state index >= 15 is 0 Å². The predicted octanol–water partition coefficient (Wildman–Crippen LogP) is 3.92. The van der Waals surface area contributed by atoms with Crippen LogP contribution in [0.25, 0.3) is 0 Å². The minimum absolute atomic E-state index is 0.0303. The largest absolute Gasteiger partial charge is 0.484 e. The highest BCUT2D eigenvalue weighted by Gasteiger charge is 2.09. The summed E-state index contributed by atoms with van der Waals surface area (Å²) in [6.07, 6.45) is 0. The fourth-order valence-corrected chi connectivity index (χ4v) is 2.70. The first-order chi connectivity index (χ1) is 8.16. The van der Waals surface area contributed by atoms with Gasteiger partial charge in [0, 0.05) is 4.88 Å². The van der Waals surface area contributed by atoms with E-state index in [1.54, 1.807) is 0 Å². The van der Waals surface area contributed by atoms with Crippen LogP contribution in [0.15, 0.2) is 36.4 Å². The van der Waals surface area contributed by atoms with E-state index in [0.717, 1.165) is 19.1 Å². The van der Waals surface area contributed by atoms with Gasteiger partial charge in [0.15, 0.2) is 6.61 Å². The van der Waals surface area contributed by atoms with Crippen molar-refractivity contribution in [2.24, 2.45) is 0 Å². The van der Waals surface area contributed by atoms with Crippen molar-refractivity contribution < 1.29 is 9.53 Å². The molecule has 4 heteroatoms. The molecule has 0 aliphatic carbocycles. The van der Waals surface area contributed by atoms with Crippen molar-refractivity contribution in [3.8, 4) is 5.75 Å². The number of halogens is 1. The molecule has 0 N–H and O–H groups in total. The van der Waals surface area contributed by atoms with Gasteiger partial charge in [0.05, 0.1) is 8.45 Å². The first-order valence-electron chi connectivity index (χ1n) is 5.14. The molecule has 0 bridgehead atoms. The summed E-state index contributed by atoms with van der Waals surface area (Å²) in [7, 11) is 0. The first-order valence-corrected chi connectivity index (χ1v) is 7.03. The van der Waals surface area contributed by atoms with Crippen molar-refractivity contribution in [1.82, 2.24) is 0 Å². The van der Waals surface area contributed by atoms with E-state index in [0.29, 0.717) is 0 Å². The fraction of sp³-hybridized carbons (Fsp3) is 0.154. The molecule has 0 aliphatic rings. The Labute approximate surface area is 118 Å². The molecule has 0 unspecified atom stereocenters. The number of ketones is 1. The number of Topliss-reactive ketones (excluding diaryl/α,β-unsaturated/α-hetero) is 1. The summed E-state index contributed by atoms with van der Waals surface area (Å²) in [4.78, 5) is 13.7. The summed E-state index contributed by atoms with van der Waals surface area (Å²) >= 11 is 3.70. The molecular weight excluding hydrogens is 347 g/mol. The van der Waals surface area contributed by atoms with Gasteiger partial charge in [-0.2, -0.15) is 0 Å². The maximum atomic E-state index is 11.8. The maximum absolute atomic E-state index is 11.8. The van der Waals surface area contributed by atoms with Crippen LogP contribution in [0.3, 0.4) is 0 Å². The third-order valence-corrected chi connectivity index (χ3v) is 4.14. The zero-order chi connectivity index (χ0) is 12.3. The maximum Gasteiger partial charge on any atom is 0.210 e. The van der Waals surface area contributed by atoms with E-state index in [1.807, 2.05) is 43.3 Å². The number of aryl methyl sites for hydroxylation is 1. The summed E-state index contributed by atoms with van der Waals surface area (Å²) < 4.78 is 6.53. The highest BCUT2D eigenvalue weighted by atomic mass is 127. The second-order valence-electron chi connectivity index (χ2n) is 3.55. The molecule has 0 atom stereocenters. The van der Waals surface area contributed by atoms with E-state index < -0.39 is 0 Å². The molecule has 0 saturated carbocycles. The standard InChI is InChI=1S/C13H11IO2S/c1-9-6-7-13(17-9)11(15)8-16-12-5-3-2-4-10(12)14/h2-7H,8H2,1H3. The third kappa shape index (κ3) is 3.29. The van der Waals surface area contributed by atoms with Gasteiger partial charge in [-0.25, -0.2) is 0 Å². The molecule has 17 heavy (non-hydrogen) atoms. The number of hydrogen-bond donors (Lipinski definition) is 0. The number of thiophene rings is 1. The van der Waals surface area contributed by atoms with Crippen LogP contribution >= 0.6 is 33.9 Å². The van der Waals surface area contributed by atoms with Crippen molar-refractivity contribution in [2.75, 3.05) is 6.61 Å². The second kappa shape index (κ2) is 5.64. The van der Waals surface area contributed by atoms with Crippen LogP contribution in [0.1, 0.15) is 14.5 Å². The SMILES string of the molecule is Cc1ccc(C(=O)COc2ccccc2I)s1. The molecule has 2 rings (SSSR count). The Morgan fingerprint density at radius 2 is 2.06 bits per heavy atom. The third-order valence-electron chi connectivity index (χ3n) is 2.21. The highest BCUT2D eigenvalue weighted by Crippen LogP contribution is 2.21. The summed E-state index contributed by atoms with van der Waals surface area (Å²) in [5.41, 5.74) is 0. The van der Waals surface area contributed by atoms with Crippen LogP contribution in [0.4, 0.5) is 0 Å². The predicted molar refractivity (Wildman–Crippen MR) is 78.0 cm³/mol. The van der Waals surface area contributed by atoms with Crippen LogP contribution in [0.5, 0.6) is 5.75 Å². The molecule has 2 nitrogen and oxygen atoms in total.